The monoisotopic (exact) mass is 337 g/mol. The normalized spacial score (nSPS) is 13.1. The number of fused-ring (bicyclic) bond motifs is 1. The third kappa shape index (κ3) is 2.98. The van der Waals surface area contributed by atoms with Gasteiger partial charge in [0.25, 0.3) is 0 Å². The minimum atomic E-state index is -1.14. The Kier molecular flexibility index (Phi) is 3.72. The van der Waals surface area contributed by atoms with Crippen LogP contribution in [0, 0.1) is 5.82 Å². The maximum absolute atomic E-state index is 13.8. The Morgan fingerprint density at radius 2 is 2.12 bits per heavy atom. The number of halogens is 1. The number of carboxylic acids is 1. The summed E-state index contributed by atoms with van der Waals surface area (Å²) in [5.41, 5.74) is 4.58. The zero-order valence-corrected chi connectivity index (χ0v) is 13.4. The fourth-order valence-electron chi connectivity index (χ4n) is 3.24. The van der Waals surface area contributed by atoms with Crippen molar-refractivity contribution in [3.8, 4) is 11.1 Å². The molecule has 126 valence electrons. The lowest BCUT2D eigenvalue weighted by Gasteiger charge is -2.19. The van der Waals surface area contributed by atoms with Crippen LogP contribution in [0.2, 0.25) is 0 Å². The minimum absolute atomic E-state index is 0.0520. The number of nitrogens with zero attached hydrogens (tertiary/aromatic N) is 2. The number of benzene rings is 2. The van der Waals surface area contributed by atoms with E-state index < -0.39 is 11.8 Å². The molecule has 2 aromatic carbocycles. The number of anilines is 1. The fraction of sp³-hybridized carbons (Fsp3) is 0.158. The molecule has 0 fully saturated rings. The molecule has 0 saturated carbocycles. The predicted octanol–water partition coefficient (Wildman–Crippen LogP) is 3.48. The fourth-order valence-corrected chi connectivity index (χ4v) is 3.24. The molecule has 5 nitrogen and oxygen atoms in total. The third-order valence-electron chi connectivity index (χ3n) is 4.46. The second kappa shape index (κ2) is 6.05. The van der Waals surface area contributed by atoms with Gasteiger partial charge in [-0.3, -0.25) is 0 Å². The zero-order chi connectivity index (χ0) is 17.4. The Balaban J connectivity index is 1.70. The molecule has 6 heteroatoms. The summed E-state index contributed by atoms with van der Waals surface area (Å²) in [4.78, 5) is 20.6. The van der Waals surface area contributed by atoms with E-state index in [1.807, 2.05) is 24.4 Å². The van der Waals surface area contributed by atoms with Crippen LogP contribution in [0.1, 0.15) is 21.6 Å². The number of aromatic nitrogens is 2. The summed E-state index contributed by atoms with van der Waals surface area (Å²) in [5, 5.41) is 9.14. The summed E-state index contributed by atoms with van der Waals surface area (Å²) < 4.78 is 13.8. The number of nitrogens with one attached hydrogen (secondary N) is 1. The minimum Gasteiger partial charge on any atom is -0.478 e. The summed E-state index contributed by atoms with van der Waals surface area (Å²) in [6.07, 6.45) is 4.47. The number of aromatic carboxylic acids is 1. The van der Waals surface area contributed by atoms with E-state index in [9.17, 15) is 9.18 Å². The number of hydrogen-bond acceptors (Lipinski definition) is 3. The molecule has 0 bridgehead atoms. The molecule has 25 heavy (non-hydrogen) atoms. The van der Waals surface area contributed by atoms with Crippen molar-refractivity contribution in [2.24, 2.45) is 0 Å². The van der Waals surface area contributed by atoms with E-state index in [2.05, 4.69) is 14.9 Å². The van der Waals surface area contributed by atoms with Gasteiger partial charge < -0.3 is 15.0 Å². The van der Waals surface area contributed by atoms with E-state index in [1.54, 1.807) is 6.33 Å². The molecule has 0 amide bonds. The van der Waals surface area contributed by atoms with Crippen LogP contribution < -0.4 is 4.90 Å². The standard InChI is InChI=1S/C19H16FN3O2/c20-16-6-14(5-15(7-16)19(24)25)13-2-1-12-3-4-23(18(12)8-13)10-17-9-21-11-22-17/h1-2,5-9,11H,3-4,10H2,(H,21,22)(H,24,25). The van der Waals surface area contributed by atoms with Crippen molar-refractivity contribution in [3.63, 3.8) is 0 Å². The second-order valence-electron chi connectivity index (χ2n) is 6.11. The van der Waals surface area contributed by atoms with E-state index in [1.165, 1.54) is 17.7 Å². The molecule has 0 spiro atoms. The van der Waals surface area contributed by atoms with Crippen molar-refractivity contribution in [2.75, 3.05) is 11.4 Å². The lowest BCUT2D eigenvalue weighted by atomic mass is 10.00. The summed E-state index contributed by atoms with van der Waals surface area (Å²) >= 11 is 0. The van der Waals surface area contributed by atoms with Gasteiger partial charge in [0.15, 0.2) is 0 Å². The van der Waals surface area contributed by atoms with Gasteiger partial charge in [-0.15, -0.1) is 0 Å². The van der Waals surface area contributed by atoms with Gasteiger partial charge in [0, 0.05) is 18.4 Å². The van der Waals surface area contributed by atoms with Gasteiger partial charge in [-0.1, -0.05) is 12.1 Å². The Labute approximate surface area is 143 Å². The molecule has 2 heterocycles. The highest BCUT2D eigenvalue weighted by atomic mass is 19.1. The summed E-state index contributed by atoms with van der Waals surface area (Å²) in [7, 11) is 0. The first-order valence-corrected chi connectivity index (χ1v) is 8.00. The maximum Gasteiger partial charge on any atom is 0.335 e. The van der Waals surface area contributed by atoms with Crippen molar-refractivity contribution >= 4 is 11.7 Å². The van der Waals surface area contributed by atoms with Crippen LogP contribution in [0.3, 0.4) is 0 Å². The summed E-state index contributed by atoms with van der Waals surface area (Å²) in [5.74, 6) is -1.69. The Morgan fingerprint density at radius 1 is 1.24 bits per heavy atom. The quantitative estimate of drug-likeness (QED) is 0.765. The lowest BCUT2D eigenvalue weighted by molar-refractivity contribution is 0.0696. The lowest BCUT2D eigenvalue weighted by Crippen LogP contribution is -2.19. The highest BCUT2D eigenvalue weighted by Crippen LogP contribution is 2.34. The largest absolute Gasteiger partial charge is 0.478 e. The Hall–Kier alpha value is -3.15. The average molecular weight is 337 g/mol. The van der Waals surface area contributed by atoms with Crippen molar-refractivity contribution in [2.45, 2.75) is 13.0 Å². The van der Waals surface area contributed by atoms with Crippen LogP contribution >= 0.6 is 0 Å². The maximum atomic E-state index is 13.8. The van der Waals surface area contributed by atoms with Crippen LogP contribution in [0.5, 0.6) is 0 Å². The van der Waals surface area contributed by atoms with Crippen molar-refractivity contribution in [3.05, 3.63) is 71.6 Å². The van der Waals surface area contributed by atoms with Crippen LogP contribution in [0.25, 0.3) is 11.1 Å². The number of rotatable bonds is 4. The first-order chi connectivity index (χ1) is 12.1. The van der Waals surface area contributed by atoms with Crippen LogP contribution in [0.4, 0.5) is 10.1 Å². The highest BCUT2D eigenvalue weighted by Gasteiger charge is 2.20. The smallest absolute Gasteiger partial charge is 0.335 e. The zero-order valence-electron chi connectivity index (χ0n) is 13.4. The van der Waals surface area contributed by atoms with Crippen molar-refractivity contribution in [1.82, 2.24) is 9.97 Å². The van der Waals surface area contributed by atoms with Gasteiger partial charge >= 0.3 is 5.97 Å². The third-order valence-corrected chi connectivity index (χ3v) is 4.46. The molecule has 0 aliphatic carbocycles. The van der Waals surface area contributed by atoms with Gasteiger partial charge in [0.2, 0.25) is 0 Å². The molecule has 1 aliphatic rings. The number of aromatic amines is 1. The molecule has 4 rings (SSSR count). The summed E-state index contributed by atoms with van der Waals surface area (Å²) in [6.45, 7) is 1.60. The van der Waals surface area contributed by atoms with E-state index in [4.69, 9.17) is 5.11 Å². The number of imidazole rings is 1. The van der Waals surface area contributed by atoms with Crippen LogP contribution in [-0.2, 0) is 13.0 Å². The molecular formula is C19H16FN3O2. The number of H-pyrrole nitrogens is 1. The van der Waals surface area contributed by atoms with E-state index in [-0.39, 0.29) is 5.56 Å². The Morgan fingerprint density at radius 3 is 2.88 bits per heavy atom. The van der Waals surface area contributed by atoms with Crippen LogP contribution in [0.15, 0.2) is 48.9 Å². The van der Waals surface area contributed by atoms with Crippen molar-refractivity contribution in [1.29, 1.82) is 0 Å². The van der Waals surface area contributed by atoms with Crippen LogP contribution in [-0.4, -0.2) is 27.6 Å². The Bertz CT molecular complexity index is 938. The van der Waals surface area contributed by atoms with Gasteiger partial charge in [-0.2, -0.15) is 0 Å². The molecule has 0 unspecified atom stereocenters. The molecule has 1 aliphatic heterocycles. The van der Waals surface area contributed by atoms with Gasteiger partial charge in [0.1, 0.15) is 5.82 Å². The first kappa shape index (κ1) is 15.4. The second-order valence-corrected chi connectivity index (χ2v) is 6.11. The van der Waals surface area contributed by atoms with E-state index >= 15 is 0 Å². The number of carbonyl (C=O) groups is 1. The average Bonchev–Trinajstić information content (AvgIpc) is 3.24. The van der Waals surface area contributed by atoms with Crippen molar-refractivity contribution < 1.29 is 14.3 Å². The molecule has 3 aromatic rings. The first-order valence-electron chi connectivity index (χ1n) is 8.00. The predicted molar refractivity (Wildman–Crippen MR) is 92.1 cm³/mol. The molecule has 1 aromatic heterocycles. The molecule has 0 saturated heterocycles. The van der Waals surface area contributed by atoms with Gasteiger partial charge in [-0.25, -0.2) is 14.2 Å². The number of hydrogen-bond donors (Lipinski definition) is 2. The topological polar surface area (TPSA) is 69.2 Å². The van der Waals surface area contributed by atoms with E-state index in [0.29, 0.717) is 12.1 Å². The van der Waals surface area contributed by atoms with E-state index in [0.717, 1.165) is 36.0 Å². The summed E-state index contributed by atoms with van der Waals surface area (Å²) in [6, 6.07) is 9.83. The SMILES string of the molecule is O=C(O)c1cc(F)cc(-c2ccc3c(c2)N(Cc2c[nH]cn2)CC3)c1. The molecule has 0 radical (unpaired) electrons. The highest BCUT2D eigenvalue weighted by molar-refractivity contribution is 5.89. The molecular weight excluding hydrogens is 321 g/mol. The van der Waals surface area contributed by atoms with Gasteiger partial charge in [0.05, 0.1) is 24.1 Å². The molecule has 2 N–H and O–H groups in total. The van der Waals surface area contributed by atoms with Gasteiger partial charge in [-0.05, 0) is 47.4 Å². The number of carboxylic acid groups (broad SMARTS) is 1. The molecule has 0 atom stereocenters.